The predicted molar refractivity (Wildman–Crippen MR) is 90.3 cm³/mol. The van der Waals surface area contributed by atoms with E-state index in [1.807, 2.05) is 6.33 Å². The molecule has 25 heavy (non-hydrogen) atoms. The van der Waals surface area contributed by atoms with Crippen molar-refractivity contribution in [2.24, 2.45) is 0 Å². The second kappa shape index (κ2) is 6.92. The van der Waals surface area contributed by atoms with E-state index in [2.05, 4.69) is 19.4 Å². The minimum absolute atomic E-state index is 0.0871. The molecule has 0 unspecified atom stereocenters. The van der Waals surface area contributed by atoms with Gasteiger partial charge in [0, 0.05) is 25.8 Å². The van der Waals surface area contributed by atoms with E-state index >= 15 is 0 Å². The van der Waals surface area contributed by atoms with Gasteiger partial charge in [0.15, 0.2) is 5.82 Å². The fourth-order valence-corrected chi connectivity index (χ4v) is 3.69. The van der Waals surface area contributed by atoms with Crippen LogP contribution in [-0.2, 0) is 19.6 Å². The van der Waals surface area contributed by atoms with Gasteiger partial charge in [-0.15, -0.1) is 0 Å². The van der Waals surface area contributed by atoms with Crippen LogP contribution in [0.25, 0.3) is 0 Å². The Hall–Kier alpha value is -2.28. The van der Waals surface area contributed by atoms with Crippen LogP contribution in [0.2, 0.25) is 0 Å². The Bertz CT molecular complexity index is 769. The van der Waals surface area contributed by atoms with Crippen molar-refractivity contribution in [3.63, 3.8) is 0 Å². The second-order valence-corrected chi connectivity index (χ2v) is 6.75. The molecule has 2 aromatic heterocycles. The zero-order chi connectivity index (χ0) is 17.2. The fraction of sp³-hybridized carbons (Fsp3) is 0.500. The van der Waals surface area contributed by atoms with Gasteiger partial charge in [0.1, 0.15) is 0 Å². The highest BCUT2D eigenvalue weighted by molar-refractivity contribution is 5.94. The minimum atomic E-state index is -0.567. The highest BCUT2D eigenvalue weighted by atomic mass is 19.1. The quantitative estimate of drug-likeness (QED) is 0.856. The van der Waals surface area contributed by atoms with E-state index in [1.165, 1.54) is 25.1 Å². The van der Waals surface area contributed by atoms with Crippen LogP contribution in [0.1, 0.15) is 41.0 Å². The third kappa shape index (κ3) is 3.28. The molecule has 0 aliphatic carbocycles. The third-order valence-corrected chi connectivity index (χ3v) is 5.06. The number of fused-ring (bicyclic) bond motifs is 1. The molecule has 2 aliphatic rings. The van der Waals surface area contributed by atoms with E-state index < -0.39 is 5.82 Å². The summed E-state index contributed by atoms with van der Waals surface area (Å²) in [5.41, 5.74) is 2.20. The Labute approximate surface area is 146 Å². The molecule has 0 atom stereocenters. The average Bonchev–Trinajstić information content (AvgIpc) is 3.20. The van der Waals surface area contributed by atoms with Crippen LogP contribution in [0.3, 0.4) is 0 Å². The van der Waals surface area contributed by atoms with E-state index in [-0.39, 0.29) is 11.5 Å². The maximum atomic E-state index is 13.9. The van der Waals surface area contributed by atoms with Gasteiger partial charge in [-0.25, -0.2) is 9.37 Å². The molecule has 0 saturated carbocycles. The summed E-state index contributed by atoms with van der Waals surface area (Å²) < 4.78 is 16.1. The summed E-state index contributed by atoms with van der Waals surface area (Å²) in [5, 5.41) is 0. The molecule has 132 valence electrons. The zero-order valence-electron chi connectivity index (χ0n) is 14.2. The van der Waals surface area contributed by atoms with Crippen molar-refractivity contribution in [3.8, 4) is 0 Å². The van der Waals surface area contributed by atoms with E-state index in [4.69, 9.17) is 0 Å². The summed E-state index contributed by atoms with van der Waals surface area (Å²) in [7, 11) is 0. The van der Waals surface area contributed by atoms with Gasteiger partial charge in [-0.1, -0.05) is 0 Å². The fourth-order valence-electron chi connectivity index (χ4n) is 3.69. The Morgan fingerprint density at radius 1 is 1.16 bits per heavy atom. The van der Waals surface area contributed by atoms with E-state index in [9.17, 15) is 9.18 Å². The van der Waals surface area contributed by atoms with Crippen LogP contribution in [0.15, 0.2) is 24.8 Å². The van der Waals surface area contributed by atoms with Crippen LogP contribution >= 0.6 is 0 Å². The van der Waals surface area contributed by atoms with Crippen molar-refractivity contribution in [2.45, 2.75) is 38.9 Å². The number of imidazole rings is 1. The normalized spacial score (nSPS) is 18.2. The molecule has 7 heteroatoms. The summed E-state index contributed by atoms with van der Waals surface area (Å²) in [4.78, 5) is 25.2. The van der Waals surface area contributed by atoms with E-state index in [0.717, 1.165) is 50.2 Å². The first-order valence-electron chi connectivity index (χ1n) is 8.86. The van der Waals surface area contributed by atoms with Crippen LogP contribution in [-0.4, -0.2) is 49.9 Å². The molecule has 1 fully saturated rings. The smallest absolute Gasteiger partial charge is 0.257 e. The molecule has 2 aliphatic heterocycles. The Morgan fingerprint density at radius 3 is 2.80 bits per heavy atom. The summed E-state index contributed by atoms with van der Waals surface area (Å²) in [5.74, 6) is -0.843. The number of halogens is 1. The molecule has 0 spiro atoms. The van der Waals surface area contributed by atoms with Crippen LogP contribution in [0.4, 0.5) is 4.39 Å². The number of carbonyl (C=O) groups is 1. The molecule has 0 N–H and O–H groups in total. The monoisotopic (exact) mass is 343 g/mol. The summed E-state index contributed by atoms with van der Waals surface area (Å²) in [6, 6.07) is 1.45. The minimum Gasteiger partial charge on any atom is -0.333 e. The standard InChI is InChI=1S/C18H22FN5O/c19-15-10-20-5-4-14(15)18(25)23-8-3-9-24-13-21-16(17(24)12-23)11-22-6-1-2-7-22/h4-5,10,13H,1-3,6-9,11-12H2. The lowest BCUT2D eigenvalue weighted by molar-refractivity contribution is 0.0740. The number of aromatic nitrogens is 3. The maximum absolute atomic E-state index is 13.9. The number of pyridine rings is 1. The van der Waals surface area contributed by atoms with Gasteiger partial charge < -0.3 is 9.47 Å². The van der Waals surface area contributed by atoms with Crippen molar-refractivity contribution in [3.05, 3.63) is 47.6 Å². The molecule has 0 radical (unpaired) electrons. The molecule has 4 rings (SSSR count). The topological polar surface area (TPSA) is 54.3 Å². The number of rotatable bonds is 3. The zero-order valence-corrected chi connectivity index (χ0v) is 14.2. The van der Waals surface area contributed by atoms with E-state index in [0.29, 0.717) is 13.1 Å². The number of carbonyl (C=O) groups excluding carboxylic acids is 1. The summed E-state index contributed by atoms with van der Waals surface area (Å²) in [6.07, 6.45) is 7.74. The Balaban J connectivity index is 1.56. The molecular weight excluding hydrogens is 321 g/mol. The summed E-state index contributed by atoms with van der Waals surface area (Å²) >= 11 is 0. The largest absolute Gasteiger partial charge is 0.333 e. The van der Waals surface area contributed by atoms with Crippen molar-refractivity contribution >= 4 is 5.91 Å². The molecule has 2 aromatic rings. The number of amides is 1. The lowest BCUT2D eigenvalue weighted by Crippen LogP contribution is -2.32. The highest BCUT2D eigenvalue weighted by Crippen LogP contribution is 2.21. The maximum Gasteiger partial charge on any atom is 0.257 e. The van der Waals surface area contributed by atoms with Crippen LogP contribution in [0, 0.1) is 5.82 Å². The molecule has 6 nitrogen and oxygen atoms in total. The second-order valence-electron chi connectivity index (χ2n) is 6.75. The number of aryl methyl sites for hydroxylation is 1. The molecule has 4 heterocycles. The lowest BCUT2D eigenvalue weighted by Gasteiger charge is -2.21. The van der Waals surface area contributed by atoms with Crippen molar-refractivity contribution < 1.29 is 9.18 Å². The number of hydrogen-bond donors (Lipinski definition) is 0. The van der Waals surface area contributed by atoms with Gasteiger partial charge in [0.05, 0.1) is 36.0 Å². The van der Waals surface area contributed by atoms with Crippen LogP contribution < -0.4 is 0 Å². The van der Waals surface area contributed by atoms with Crippen molar-refractivity contribution in [1.29, 1.82) is 0 Å². The molecule has 1 amide bonds. The first-order chi connectivity index (χ1) is 12.2. The average molecular weight is 343 g/mol. The SMILES string of the molecule is O=C(c1ccncc1F)N1CCCn2cnc(CN3CCCC3)c2C1. The molecular formula is C18H22FN5O. The first kappa shape index (κ1) is 16.2. The van der Waals surface area contributed by atoms with Gasteiger partial charge >= 0.3 is 0 Å². The van der Waals surface area contributed by atoms with Gasteiger partial charge in [-0.2, -0.15) is 0 Å². The van der Waals surface area contributed by atoms with Gasteiger partial charge in [0.2, 0.25) is 0 Å². The van der Waals surface area contributed by atoms with Gasteiger partial charge in [-0.05, 0) is 38.4 Å². The Morgan fingerprint density at radius 2 is 2.00 bits per heavy atom. The van der Waals surface area contributed by atoms with Crippen LogP contribution in [0.5, 0.6) is 0 Å². The lowest BCUT2D eigenvalue weighted by atomic mass is 10.2. The summed E-state index contributed by atoms with van der Waals surface area (Å²) in [6.45, 7) is 4.97. The predicted octanol–water partition coefficient (Wildman–Crippen LogP) is 2.06. The van der Waals surface area contributed by atoms with Crippen molar-refractivity contribution in [1.82, 2.24) is 24.3 Å². The molecule has 1 saturated heterocycles. The molecule has 0 bridgehead atoms. The Kier molecular flexibility index (Phi) is 4.48. The van der Waals surface area contributed by atoms with Crippen molar-refractivity contribution in [2.75, 3.05) is 19.6 Å². The highest BCUT2D eigenvalue weighted by Gasteiger charge is 2.25. The molecule has 0 aromatic carbocycles. The first-order valence-corrected chi connectivity index (χ1v) is 8.86. The number of likely N-dealkylation sites (tertiary alicyclic amines) is 1. The third-order valence-electron chi connectivity index (χ3n) is 5.06. The number of nitrogens with zero attached hydrogens (tertiary/aromatic N) is 5. The van der Waals surface area contributed by atoms with Gasteiger partial charge in [-0.3, -0.25) is 14.7 Å². The van der Waals surface area contributed by atoms with Gasteiger partial charge in [0.25, 0.3) is 5.91 Å². The number of hydrogen-bond acceptors (Lipinski definition) is 4. The van der Waals surface area contributed by atoms with E-state index in [1.54, 1.807) is 4.90 Å².